The quantitative estimate of drug-likeness (QED) is 0.163. The standard InChI is InChI=1S/C58H35NO2/c1-2-14-36(15-3-1)37-28-30-39(31-29-37)59(40-32-33-46-44-20-7-6-18-42(44)43-19-8-9-21-45(43)50(46)35-40)52-25-13-27-54-56(52)51-34-38-16-4-5-17-41(38)55(58(51)61-54)49-24-12-23-48-47-22-10-11-26-53(47)60-57(48)49/h1-35H. The van der Waals surface area contributed by atoms with Crippen LogP contribution in [-0.4, -0.2) is 0 Å². The van der Waals surface area contributed by atoms with Crippen LogP contribution < -0.4 is 4.90 Å². The molecule has 0 radical (unpaired) electrons. The Morgan fingerprint density at radius 2 is 0.869 bits per heavy atom. The van der Waals surface area contributed by atoms with E-state index >= 15 is 0 Å². The smallest absolute Gasteiger partial charge is 0.144 e. The van der Waals surface area contributed by atoms with Gasteiger partial charge in [-0.2, -0.15) is 0 Å². The highest BCUT2D eigenvalue weighted by Crippen LogP contribution is 2.49. The van der Waals surface area contributed by atoms with Gasteiger partial charge in [0.15, 0.2) is 0 Å². The maximum Gasteiger partial charge on any atom is 0.144 e. The Kier molecular flexibility index (Phi) is 7.31. The van der Waals surface area contributed by atoms with Gasteiger partial charge in [-0.3, -0.25) is 0 Å². The zero-order valence-electron chi connectivity index (χ0n) is 33.0. The van der Waals surface area contributed by atoms with E-state index in [2.05, 4.69) is 205 Å². The molecule has 13 aromatic rings. The van der Waals surface area contributed by atoms with Gasteiger partial charge < -0.3 is 13.7 Å². The summed E-state index contributed by atoms with van der Waals surface area (Å²) < 4.78 is 13.8. The Morgan fingerprint density at radius 3 is 1.64 bits per heavy atom. The largest absolute Gasteiger partial charge is 0.455 e. The fourth-order valence-electron chi connectivity index (χ4n) is 9.90. The van der Waals surface area contributed by atoms with Gasteiger partial charge in [-0.15, -0.1) is 0 Å². The predicted molar refractivity (Wildman–Crippen MR) is 257 cm³/mol. The molecule has 0 aliphatic heterocycles. The normalized spacial score (nSPS) is 11.9. The van der Waals surface area contributed by atoms with Crippen molar-refractivity contribution in [1.82, 2.24) is 0 Å². The molecule has 0 unspecified atom stereocenters. The van der Waals surface area contributed by atoms with E-state index in [1.165, 1.54) is 43.4 Å². The van der Waals surface area contributed by atoms with Crippen molar-refractivity contribution in [3.63, 3.8) is 0 Å². The van der Waals surface area contributed by atoms with Crippen LogP contribution in [0.15, 0.2) is 221 Å². The van der Waals surface area contributed by atoms with Gasteiger partial charge in [0.05, 0.1) is 11.1 Å². The maximum absolute atomic E-state index is 7.12. The minimum Gasteiger partial charge on any atom is -0.455 e. The molecule has 0 aliphatic rings. The molecule has 0 atom stereocenters. The van der Waals surface area contributed by atoms with Crippen LogP contribution in [0.2, 0.25) is 0 Å². The van der Waals surface area contributed by atoms with E-state index in [4.69, 9.17) is 8.83 Å². The second-order valence-corrected chi connectivity index (χ2v) is 16.0. The molecule has 0 saturated carbocycles. The Hall–Kier alpha value is -8.14. The molecule has 0 saturated heterocycles. The number of hydrogen-bond acceptors (Lipinski definition) is 3. The molecule has 0 aliphatic carbocycles. The number of para-hydroxylation sites is 2. The van der Waals surface area contributed by atoms with Crippen molar-refractivity contribution >= 4 is 104 Å². The van der Waals surface area contributed by atoms with Crippen LogP contribution in [0.5, 0.6) is 0 Å². The van der Waals surface area contributed by atoms with Gasteiger partial charge >= 0.3 is 0 Å². The first-order chi connectivity index (χ1) is 30.3. The highest BCUT2D eigenvalue weighted by atomic mass is 16.3. The lowest BCUT2D eigenvalue weighted by atomic mass is 9.93. The molecule has 0 bridgehead atoms. The van der Waals surface area contributed by atoms with E-state index in [1.807, 2.05) is 12.1 Å². The molecule has 0 fully saturated rings. The maximum atomic E-state index is 7.12. The Bertz CT molecular complexity index is 3840. The van der Waals surface area contributed by atoms with Crippen LogP contribution in [-0.2, 0) is 0 Å². The third-order valence-electron chi connectivity index (χ3n) is 12.6. The molecule has 0 spiro atoms. The minimum atomic E-state index is 0.823. The lowest BCUT2D eigenvalue weighted by molar-refractivity contribution is 0.665. The molecule has 61 heavy (non-hydrogen) atoms. The molecule has 2 aromatic heterocycles. The van der Waals surface area contributed by atoms with Crippen molar-refractivity contribution in [2.45, 2.75) is 0 Å². The molecule has 0 amide bonds. The van der Waals surface area contributed by atoms with Crippen LogP contribution in [0.4, 0.5) is 17.1 Å². The number of furan rings is 2. The van der Waals surface area contributed by atoms with Gasteiger partial charge in [-0.05, 0) is 103 Å². The molecule has 284 valence electrons. The molecular formula is C58H35NO2. The van der Waals surface area contributed by atoms with Crippen LogP contribution in [0, 0.1) is 0 Å². The summed E-state index contributed by atoms with van der Waals surface area (Å²) in [5.41, 5.74) is 10.9. The van der Waals surface area contributed by atoms with Crippen LogP contribution in [0.1, 0.15) is 0 Å². The van der Waals surface area contributed by atoms with E-state index < -0.39 is 0 Å². The van der Waals surface area contributed by atoms with E-state index in [-0.39, 0.29) is 0 Å². The first-order valence-electron chi connectivity index (χ1n) is 20.8. The number of benzene rings is 11. The summed E-state index contributed by atoms with van der Waals surface area (Å²) in [5.74, 6) is 0. The van der Waals surface area contributed by atoms with Crippen molar-refractivity contribution in [3.05, 3.63) is 212 Å². The zero-order valence-corrected chi connectivity index (χ0v) is 33.0. The van der Waals surface area contributed by atoms with Gasteiger partial charge in [0.2, 0.25) is 0 Å². The Morgan fingerprint density at radius 1 is 0.311 bits per heavy atom. The van der Waals surface area contributed by atoms with Crippen molar-refractivity contribution in [3.8, 4) is 22.3 Å². The second kappa shape index (κ2) is 13.2. The summed E-state index contributed by atoms with van der Waals surface area (Å²) >= 11 is 0. The molecule has 0 N–H and O–H groups in total. The number of anilines is 3. The Balaban J connectivity index is 1.11. The summed E-state index contributed by atoms with van der Waals surface area (Å²) in [7, 11) is 0. The average molecular weight is 778 g/mol. The number of rotatable bonds is 5. The predicted octanol–water partition coefficient (Wildman–Crippen LogP) is 16.9. The summed E-state index contributed by atoms with van der Waals surface area (Å²) in [4.78, 5) is 2.41. The molecule has 13 rings (SSSR count). The van der Waals surface area contributed by atoms with E-state index in [9.17, 15) is 0 Å². The number of fused-ring (bicyclic) bond motifs is 13. The highest BCUT2D eigenvalue weighted by molar-refractivity contribution is 6.27. The molecule has 3 heteroatoms. The van der Waals surface area contributed by atoms with Crippen LogP contribution >= 0.6 is 0 Å². The van der Waals surface area contributed by atoms with Crippen LogP contribution in [0.25, 0.3) is 109 Å². The third-order valence-corrected chi connectivity index (χ3v) is 12.6. The zero-order chi connectivity index (χ0) is 40.0. The Labute approximate surface area is 350 Å². The molecular weight excluding hydrogens is 743 g/mol. The fourth-order valence-corrected chi connectivity index (χ4v) is 9.90. The third kappa shape index (κ3) is 5.11. The second-order valence-electron chi connectivity index (χ2n) is 16.0. The monoisotopic (exact) mass is 777 g/mol. The number of hydrogen-bond donors (Lipinski definition) is 0. The van der Waals surface area contributed by atoms with Crippen molar-refractivity contribution < 1.29 is 8.83 Å². The summed E-state index contributed by atoms with van der Waals surface area (Å²) in [6.07, 6.45) is 0. The van der Waals surface area contributed by atoms with E-state index in [1.54, 1.807) is 0 Å². The SMILES string of the molecule is c1ccc(-c2ccc(N(c3ccc4c5ccccc5c5ccccc5c4c3)c3cccc4oc5c(-c6cccc7c6oc6ccccc67)c6ccccc6cc5c34)cc2)cc1. The average Bonchev–Trinajstić information content (AvgIpc) is 3.90. The van der Waals surface area contributed by atoms with Gasteiger partial charge in [-0.1, -0.05) is 164 Å². The van der Waals surface area contributed by atoms with Gasteiger partial charge in [0.25, 0.3) is 0 Å². The molecule has 2 heterocycles. The summed E-state index contributed by atoms with van der Waals surface area (Å²) in [6.45, 7) is 0. The van der Waals surface area contributed by atoms with Crippen molar-refractivity contribution in [1.29, 1.82) is 0 Å². The highest BCUT2D eigenvalue weighted by Gasteiger charge is 2.25. The van der Waals surface area contributed by atoms with E-state index in [0.29, 0.717) is 0 Å². The van der Waals surface area contributed by atoms with Crippen LogP contribution in [0.3, 0.4) is 0 Å². The number of nitrogens with zero attached hydrogens (tertiary/aromatic N) is 1. The van der Waals surface area contributed by atoms with Crippen molar-refractivity contribution in [2.24, 2.45) is 0 Å². The topological polar surface area (TPSA) is 29.5 Å². The lowest BCUT2D eigenvalue weighted by Crippen LogP contribution is -2.10. The fraction of sp³-hybridized carbons (Fsp3) is 0. The summed E-state index contributed by atoms with van der Waals surface area (Å²) in [6, 6.07) is 76.2. The van der Waals surface area contributed by atoms with Gasteiger partial charge in [-0.25, -0.2) is 0 Å². The minimum absolute atomic E-state index is 0.823. The van der Waals surface area contributed by atoms with E-state index in [0.717, 1.165) is 82.8 Å². The molecule has 11 aromatic carbocycles. The first kappa shape index (κ1) is 33.8. The van der Waals surface area contributed by atoms with Crippen molar-refractivity contribution in [2.75, 3.05) is 4.90 Å². The van der Waals surface area contributed by atoms with Gasteiger partial charge in [0, 0.05) is 38.7 Å². The first-order valence-corrected chi connectivity index (χ1v) is 20.8. The lowest BCUT2D eigenvalue weighted by Gasteiger charge is -2.27. The summed E-state index contributed by atoms with van der Waals surface area (Å²) in [5, 5.41) is 14.0. The molecule has 3 nitrogen and oxygen atoms in total. The van der Waals surface area contributed by atoms with Gasteiger partial charge in [0.1, 0.15) is 22.3 Å².